The quantitative estimate of drug-likeness (QED) is 0.873. The number of hydrogen-bond donors (Lipinski definition) is 1. The maximum absolute atomic E-state index is 4.60. The van der Waals surface area contributed by atoms with Crippen LogP contribution >= 0.6 is 11.8 Å². The Balaban J connectivity index is 2.03. The van der Waals surface area contributed by atoms with Crippen LogP contribution in [0.25, 0.3) is 0 Å². The third-order valence-electron chi connectivity index (χ3n) is 3.44. The Hall–Kier alpha value is -0.640. The van der Waals surface area contributed by atoms with Gasteiger partial charge < -0.3 is 9.88 Å². The van der Waals surface area contributed by atoms with Gasteiger partial charge in [0.15, 0.2) is 0 Å². The highest BCUT2D eigenvalue weighted by Crippen LogP contribution is 2.22. The van der Waals surface area contributed by atoms with Gasteiger partial charge in [-0.15, -0.1) is 0 Å². The first-order chi connectivity index (χ1) is 8.19. The van der Waals surface area contributed by atoms with Crippen LogP contribution in [0, 0.1) is 6.92 Å². The summed E-state index contributed by atoms with van der Waals surface area (Å²) in [6.45, 7) is 5.37. The van der Waals surface area contributed by atoms with E-state index in [4.69, 9.17) is 0 Å². The Kier molecular flexibility index (Phi) is 4.37. The van der Waals surface area contributed by atoms with Gasteiger partial charge >= 0.3 is 0 Å². The van der Waals surface area contributed by atoms with Crippen molar-refractivity contribution in [2.24, 2.45) is 0 Å². The van der Waals surface area contributed by atoms with Crippen molar-refractivity contribution in [3.05, 3.63) is 11.9 Å². The monoisotopic (exact) mass is 253 g/mol. The second kappa shape index (κ2) is 5.80. The van der Waals surface area contributed by atoms with Crippen LogP contribution in [0.1, 0.15) is 38.3 Å². The average molecular weight is 253 g/mol. The molecule has 1 aliphatic rings. The lowest BCUT2D eigenvalue weighted by molar-refractivity contribution is 0.672. The largest absolute Gasteiger partial charge is 0.353 e. The SMILES string of the molecule is CSC(C)Cn1cc(C)nc1NC1CCCC1. The van der Waals surface area contributed by atoms with Crippen molar-refractivity contribution < 1.29 is 0 Å². The molecule has 4 heteroatoms. The Bertz CT molecular complexity index is 356. The third-order valence-corrected chi connectivity index (χ3v) is 4.40. The van der Waals surface area contributed by atoms with E-state index in [-0.39, 0.29) is 0 Å². The Morgan fingerprint density at radius 3 is 2.88 bits per heavy atom. The maximum Gasteiger partial charge on any atom is 0.203 e. The molecule has 0 amide bonds. The van der Waals surface area contributed by atoms with E-state index in [9.17, 15) is 0 Å². The van der Waals surface area contributed by atoms with E-state index in [0.29, 0.717) is 11.3 Å². The minimum absolute atomic E-state index is 0.632. The summed E-state index contributed by atoms with van der Waals surface area (Å²) in [5.41, 5.74) is 1.11. The molecule has 0 aliphatic heterocycles. The predicted octanol–water partition coefficient (Wildman–Crippen LogP) is 3.30. The van der Waals surface area contributed by atoms with E-state index in [0.717, 1.165) is 18.2 Å². The molecule has 0 saturated heterocycles. The van der Waals surface area contributed by atoms with Crippen molar-refractivity contribution in [3.8, 4) is 0 Å². The summed E-state index contributed by atoms with van der Waals surface area (Å²) in [6, 6.07) is 0.639. The van der Waals surface area contributed by atoms with Crippen molar-refractivity contribution in [1.29, 1.82) is 0 Å². The highest BCUT2D eigenvalue weighted by atomic mass is 32.2. The molecular formula is C13H23N3S. The minimum Gasteiger partial charge on any atom is -0.353 e. The van der Waals surface area contributed by atoms with Gasteiger partial charge in [0, 0.05) is 24.0 Å². The number of nitrogens with one attached hydrogen (secondary N) is 1. The van der Waals surface area contributed by atoms with Gasteiger partial charge in [-0.05, 0) is 26.0 Å². The molecule has 2 rings (SSSR count). The molecule has 0 aromatic carbocycles. The van der Waals surface area contributed by atoms with E-state index in [1.807, 2.05) is 11.8 Å². The summed E-state index contributed by atoms with van der Waals surface area (Å²) in [4.78, 5) is 4.60. The van der Waals surface area contributed by atoms with Crippen molar-refractivity contribution in [3.63, 3.8) is 0 Å². The van der Waals surface area contributed by atoms with E-state index in [2.05, 4.69) is 41.2 Å². The van der Waals surface area contributed by atoms with Crippen LogP contribution in [0.5, 0.6) is 0 Å². The van der Waals surface area contributed by atoms with Gasteiger partial charge in [-0.2, -0.15) is 11.8 Å². The zero-order chi connectivity index (χ0) is 12.3. The van der Waals surface area contributed by atoms with Crippen LogP contribution in [-0.2, 0) is 6.54 Å². The molecule has 1 aromatic rings. The van der Waals surface area contributed by atoms with E-state index < -0.39 is 0 Å². The van der Waals surface area contributed by atoms with Crippen LogP contribution < -0.4 is 5.32 Å². The molecule has 3 nitrogen and oxygen atoms in total. The van der Waals surface area contributed by atoms with Crippen LogP contribution in [-0.4, -0.2) is 27.1 Å². The fourth-order valence-corrected chi connectivity index (χ4v) is 2.72. The Labute approximate surface area is 108 Å². The molecule has 0 radical (unpaired) electrons. The van der Waals surface area contributed by atoms with E-state index in [1.54, 1.807) is 0 Å². The highest BCUT2D eigenvalue weighted by molar-refractivity contribution is 7.99. The van der Waals surface area contributed by atoms with Gasteiger partial charge in [0.25, 0.3) is 0 Å². The molecule has 1 unspecified atom stereocenters. The number of anilines is 1. The maximum atomic E-state index is 4.60. The first-order valence-electron chi connectivity index (χ1n) is 6.52. The summed E-state index contributed by atoms with van der Waals surface area (Å²) in [5.74, 6) is 1.07. The third kappa shape index (κ3) is 3.41. The number of nitrogens with zero attached hydrogens (tertiary/aromatic N) is 2. The Morgan fingerprint density at radius 2 is 2.24 bits per heavy atom. The summed E-state index contributed by atoms with van der Waals surface area (Å²) < 4.78 is 2.27. The number of thioether (sulfide) groups is 1. The number of rotatable bonds is 5. The van der Waals surface area contributed by atoms with Crippen LogP contribution in [0.15, 0.2) is 6.20 Å². The number of aromatic nitrogens is 2. The van der Waals surface area contributed by atoms with Gasteiger partial charge in [0.05, 0.1) is 5.69 Å². The first kappa shape index (κ1) is 12.8. The lowest BCUT2D eigenvalue weighted by atomic mass is 10.2. The molecular weight excluding hydrogens is 230 g/mol. The standard InChI is InChI=1S/C13H23N3S/c1-10-8-16(9-11(2)17-3)13(14-10)15-12-6-4-5-7-12/h8,11-12H,4-7,9H2,1-3H3,(H,14,15). The zero-order valence-electron chi connectivity index (χ0n) is 11.1. The molecule has 17 heavy (non-hydrogen) atoms. The molecule has 1 N–H and O–H groups in total. The van der Waals surface area contributed by atoms with Crippen LogP contribution in [0.4, 0.5) is 5.95 Å². The van der Waals surface area contributed by atoms with E-state index in [1.165, 1.54) is 25.7 Å². The second-order valence-electron chi connectivity index (χ2n) is 5.03. The van der Waals surface area contributed by atoms with Gasteiger partial charge in [0.2, 0.25) is 5.95 Å². The van der Waals surface area contributed by atoms with Gasteiger partial charge in [-0.25, -0.2) is 4.98 Å². The predicted molar refractivity (Wildman–Crippen MR) is 75.8 cm³/mol. The normalized spacial score (nSPS) is 18.5. The van der Waals surface area contributed by atoms with Crippen molar-refractivity contribution in [2.45, 2.75) is 57.4 Å². The summed E-state index contributed by atoms with van der Waals surface area (Å²) in [5, 5.41) is 4.23. The topological polar surface area (TPSA) is 29.9 Å². The van der Waals surface area contributed by atoms with Crippen LogP contribution in [0.3, 0.4) is 0 Å². The fourth-order valence-electron chi connectivity index (χ4n) is 2.41. The molecule has 0 spiro atoms. The van der Waals surface area contributed by atoms with Crippen molar-refractivity contribution in [2.75, 3.05) is 11.6 Å². The van der Waals surface area contributed by atoms with Gasteiger partial charge in [0.1, 0.15) is 0 Å². The molecule has 0 bridgehead atoms. The van der Waals surface area contributed by atoms with Crippen LogP contribution in [0.2, 0.25) is 0 Å². The van der Waals surface area contributed by atoms with Gasteiger partial charge in [-0.1, -0.05) is 19.8 Å². The molecule has 1 fully saturated rings. The van der Waals surface area contributed by atoms with Gasteiger partial charge in [-0.3, -0.25) is 0 Å². The van der Waals surface area contributed by atoms with Crippen molar-refractivity contribution >= 4 is 17.7 Å². The summed E-state index contributed by atoms with van der Waals surface area (Å²) in [6.07, 6.45) is 9.63. The summed E-state index contributed by atoms with van der Waals surface area (Å²) in [7, 11) is 0. The molecule has 1 saturated carbocycles. The second-order valence-corrected chi connectivity index (χ2v) is 6.31. The average Bonchev–Trinajstić information content (AvgIpc) is 2.90. The zero-order valence-corrected chi connectivity index (χ0v) is 11.9. The lowest BCUT2D eigenvalue weighted by Crippen LogP contribution is -2.19. The highest BCUT2D eigenvalue weighted by Gasteiger charge is 2.17. The molecule has 1 aliphatic carbocycles. The summed E-state index contributed by atoms with van der Waals surface area (Å²) >= 11 is 1.90. The molecule has 1 heterocycles. The minimum atomic E-state index is 0.632. The fraction of sp³-hybridized carbons (Fsp3) is 0.769. The van der Waals surface area contributed by atoms with E-state index >= 15 is 0 Å². The smallest absolute Gasteiger partial charge is 0.203 e. The first-order valence-corrected chi connectivity index (χ1v) is 7.81. The van der Waals surface area contributed by atoms with Crippen molar-refractivity contribution in [1.82, 2.24) is 9.55 Å². The molecule has 1 atom stereocenters. The molecule has 1 aromatic heterocycles. The molecule has 96 valence electrons. The number of imidazole rings is 1. The Morgan fingerprint density at radius 1 is 1.53 bits per heavy atom. The number of aryl methyl sites for hydroxylation is 1. The number of hydrogen-bond acceptors (Lipinski definition) is 3. The lowest BCUT2D eigenvalue weighted by Gasteiger charge is -2.16.